The first-order valence-corrected chi connectivity index (χ1v) is 18.2. The molecule has 2 aliphatic heterocycles. The maximum atomic E-state index is 13.9. The normalized spacial score (nSPS) is 17.9. The average molecular weight is 709 g/mol. The number of anilines is 4. The Morgan fingerprint density at radius 2 is 1.90 bits per heavy atom. The van der Waals surface area contributed by atoms with Gasteiger partial charge >= 0.3 is 6.09 Å². The summed E-state index contributed by atoms with van der Waals surface area (Å²) < 4.78 is 13.2. The second-order valence-electron chi connectivity index (χ2n) is 14.7. The summed E-state index contributed by atoms with van der Waals surface area (Å²) in [6.45, 7) is 11.8. The number of aliphatic hydroxyl groups excluding tert-OH is 1. The molecule has 7 rings (SSSR count). The van der Waals surface area contributed by atoms with E-state index >= 15 is 0 Å². The number of hydrogen-bond acceptors (Lipinski definition) is 10. The quantitative estimate of drug-likeness (QED) is 0.194. The average Bonchev–Trinajstić information content (AvgIpc) is 3.64. The van der Waals surface area contributed by atoms with Crippen molar-refractivity contribution >= 4 is 35.0 Å². The number of hydrogen-bond donors (Lipinski definition) is 2. The lowest BCUT2D eigenvalue weighted by molar-refractivity contribution is 0.0942. The first-order chi connectivity index (χ1) is 25.1. The van der Waals surface area contributed by atoms with Gasteiger partial charge in [0.25, 0.3) is 5.91 Å². The molecule has 1 fully saturated rings. The first-order valence-electron chi connectivity index (χ1n) is 18.2. The van der Waals surface area contributed by atoms with Gasteiger partial charge in [-0.3, -0.25) is 9.69 Å². The standard InChI is InChI=1S/C39H48N8O5/c1-6-7-16-52-38(50)44-12-13-45(25(2)23-44)28-8-9-34(41-22-28)43-31-17-27(21-42-36(31)51-5)29-10-11-40-35(30(29)24-48)47-15-14-46-32(37(47)49)18-26-19-39(3,4)20-33(26)46/h8-11,17-18,21-22,25,48H,6-7,12-16,19-20,23-24H2,1-5H3,(H,41,43)/t25-/m0/s1. The molecular formula is C39H48N8O5. The molecule has 6 heterocycles. The molecule has 4 aromatic heterocycles. The third-order valence-electron chi connectivity index (χ3n) is 10.4. The fourth-order valence-electron chi connectivity index (χ4n) is 7.77. The lowest BCUT2D eigenvalue weighted by Crippen LogP contribution is -2.54. The van der Waals surface area contributed by atoms with Gasteiger partial charge in [0.15, 0.2) is 0 Å². The van der Waals surface area contributed by atoms with E-state index in [9.17, 15) is 14.7 Å². The monoisotopic (exact) mass is 708 g/mol. The van der Waals surface area contributed by atoms with Crippen LogP contribution < -0.4 is 19.9 Å². The number of ether oxygens (including phenoxy) is 2. The highest BCUT2D eigenvalue weighted by atomic mass is 16.6. The summed E-state index contributed by atoms with van der Waals surface area (Å²) in [6, 6.07) is 9.77. The van der Waals surface area contributed by atoms with Gasteiger partial charge in [0.2, 0.25) is 5.88 Å². The Bertz CT molecular complexity index is 1960. The fourth-order valence-corrected chi connectivity index (χ4v) is 7.77. The third-order valence-corrected chi connectivity index (χ3v) is 10.4. The van der Waals surface area contributed by atoms with Crippen molar-refractivity contribution in [2.24, 2.45) is 5.41 Å². The van der Waals surface area contributed by atoms with E-state index < -0.39 is 0 Å². The Balaban J connectivity index is 1.08. The highest BCUT2D eigenvalue weighted by Crippen LogP contribution is 2.40. The zero-order valence-corrected chi connectivity index (χ0v) is 30.7. The van der Waals surface area contributed by atoms with Gasteiger partial charge in [0.1, 0.15) is 23.0 Å². The maximum Gasteiger partial charge on any atom is 0.409 e. The van der Waals surface area contributed by atoms with Gasteiger partial charge in [0, 0.05) is 68.0 Å². The molecule has 3 aliphatic rings. The number of methoxy groups -OCH3 is 1. The van der Waals surface area contributed by atoms with Gasteiger partial charge in [-0.1, -0.05) is 27.2 Å². The number of nitrogens with zero attached hydrogens (tertiary/aromatic N) is 7. The smallest absolute Gasteiger partial charge is 0.409 e. The van der Waals surface area contributed by atoms with Crippen molar-refractivity contribution in [1.29, 1.82) is 0 Å². The van der Waals surface area contributed by atoms with Crippen molar-refractivity contribution in [3.63, 3.8) is 0 Å². The van der Waals surface area contributed by atoms with Crippen LogP contribution >= 0.6 is 0 Å². The summed E-state index contributed by atoms with van der Waals surface area (Å²) >= 11 is 0. The molecule has 0 spiro atoms. The number of carbonyl (C=O) groups is 2. The zero-order valence-electron chi connectivity index (χ0n) is 30.7. The van der Waals surface area contributed by atoms with Gasteiger partial charge in [-0.15, -0.1) is 0 Å². The highest BCUT2D eigenvalue weighted by Gasteiger charge is 2.37. The molecule has 274 valence electrons. The van der Waals surface area contributed by atoms with E-state index in [1.165, 1.54) is 11.3 Å². The molecule has 0 aromatic carbocycles. The molecule has 1 aliphatic carbocycles. The number of aliphatic hydroxyl groups is 1. The Kier molecular flexibility index (Phi) is 9.80. The summed E-state index contributed by atoms with van der Waals surface area (Å²) in [6.07, 6.45) is 8.69. The number of amides is 2. The second kappa shape index (κ2) is 14.5. The van der Waals surface area contributed by atoms with E-state index in [-0.39, 0.29) is 30.1 Å². The van der Waals surface area contributed by atoms with Gasteiger partial charge in [-0.2, -0.15) is 0 Å². The van der Waals surface area contributed by atoms with Crippen molar-refractivity contribution in [2.45, 2.75) is 72.6 Å². The van der Waals surface area contributed by atoms with Gasteiger partial charge in [-0.25, -0.2) is 19.7 Å². The van der Waals surface area contributed by atoms with Gasteiger partial charge in [0.05, 0.1) is 32.2 Å². The molecule has 4 aromatic rings. The topological polar surface area (TPSA) is 138 Å². The Morgan fingerprint density at radius 1 is 1.06 bits per heavy atom. The first kappa shape index (κ1) is 35.2. The third kappa shape index (κ3) is 6.76. The largest absolute Gasteiger partial charge is 0.480 e. The number of carbonyl (C=O) groups excluding carboxylic acids is 2. The molecule has 0 bridgehead atoms. The van der Waals surface area contributed by atoms with Crippen molar-refractivity contribution in [1.82, 2.24) is 24.4 Å². The highest BCUT2D eigenvalue weighted by molar-refractivity contribution is 6.06. The molecule has 13 nitrogen and oxygen atoms in total. The number of unbranched alkanes of at least 4 members (excludes halogenated alkanes) is 1. The lowest BCUT2D eigenvalue weighted by Gasteiger charge is -2.40. The van der Waals surface area contributed by atoms with Crippen molar-refractivity contribution in [3.8, 4) is 17.0 Å². The number of pyridine rings is 3. The summed E-state index contributed by atoms with van der Waals surface area (Å²) in [5, 5.41) is 14.0. The molecule has 2 N–H and O–H groups in total. The summed E-state index contributed by atoms with van der Waals surface area (Å²) in [5.74, 6) is 1.32. The van der Waals surface area contributed by atoms with Crippen molar-refractivity contribution < 1.29 is 24.2 Å². The van der Waals surface area contributed by atoms with Crippen LogP contribution in [0.2, 0.25) is 0 Å². The maximum absolute atomic E-state index is 13.9. The summed E-state index contributed by atoms with van der Waals surface area (Å²) in [5.41, 5.74) is 6.94. The van der Waals surface area contributed by atoms with Crippen molar-refractivity contribution in [3.05, 3.63) is 71.4 Å². The van der Waals surface area contributed by atoms with Crippen LogP contribution in [0.15, 0.2) is 48.9 Å². The van der Waals surface area contributed by atoms with E-state index in [4.69, 9.17) is 9.47 Å². The molecule has 0 radical (unpaired) electrons. The minimum Gasteiger partial charge on any atom is -0.480 e. The van der Waals surface area contributed by atoms with Crippen LogP contribution in [-0.2, 0) is 30.7 Å². The van der Waals surface area contributed by atoms with Gasteiger partial charge in [-0.05, 0) is 73.1 Å². The van der Waals surface area contributed by atoms with E-state index in [1.807, 2.05) is 36.5 Å². The number of rotatable bonds is 10. The predicted octanol–water partition coefficient (Wildman–Crippen LogP) is 5.82. The van der Waals surface area contributed by atoms with Crippen LogP contribution in [-0.4, -0.2) is 87.5 Å². The Morgan fingerprint density at radius 3 is 2.63 bits per heavy atom. The van der Waals surface area contributed by atoms with E-state index in [0.717, 1.165) is 42.5 Å². The van der Waals surface area contributed by atoms with E-state index in [0.29, 0.717) is 73.8 Å². The van der Waals surface area contributed by atoms with Crippen LogP contribution in [0.5, 0.6) is 5.88 Å². The zero-order chi connectivity index (χ0) is 36.6. The number of aromatic nitrogens is 4. The summed E-state index contributed by atoms with van der Waals surface area (Å²) in [4.78, 5) is 45.9. The molecule has 52 heavy (non-hydrogen) atoms. The molecular weight excluding hydrogens is 660 g/mol. The molecule has 0 saturated carbocycles. The van der Waals surface area contributed by atoms with Crippen LogP contribution in [0.25, 0.3) is 11.1 Å². The molecule has 1 saturated heterocycles. The van der Waals surface area contributed by atoms with E-state index in [2.05, 4.69) is 57.4 Å². The Hall–Kier alpha value is -5.17. The van der Waals surface area contributed by atoms with Gasteiger partial charge < -0.3 is 34.3 Å². The van der Waals surface area contributed by atoms with Crippen LogP contribution in [0.1, 0.15) is 67.8 Å². The predicted molar refractivity (Wildman–Crippen MR) is 199 cm³/mol. The summed E-state index contributed by atoms with van der Waals surface area (Å²) in [7, 11) is 1.56. The molecule has 13 heteroatoms. The second-order valence-corrected chi connectivity index (χ2v) is 14.7. The number of nitrogens with one attached hydrogen (secondary N) is 1. The number of fused-ring (bicyclic) bond motifs is 3. The minimum atomic E-state index is -0.307. The van der Waals surface area contributed by atoms with Crippen LogP contribution in [0.3, 0.4) is 0 Å². The minimum absolute atomic E-state index is 0.0962. The Labute approximate surface area is 304 Å². The SMILES string of the molecule is CCCCOC(=O)N1CCN(c2ccc(Nc3cc(-c4ccnc(N5CCn6c(cc7c6CC(C)(C)C7)C5=O)c4CO)cnc3OC)nc2)[C@@H](C)C1. The van der Waals surface area contributed by atoms with E-state index in [1.54, 1.807) is 29.3 Å². The molecule has 0 unspecified atom stereocenters. The van der Waals surface area contributed by atoms with Crippen molar-refractivity contribution in [2.75, 3.05) is 55.0 Å². The van der Waals surface area contributed by atoms with Crippen LogP contribution in [0, 0.1) is 5.41 Å². The lowest BCUT2D eigenvalue weighted by atomic mass is 9.90. The fraction of sp³-hybridized carbons (Fsp3) is 0.462. The van der Waals surface area contributed by atoms with Crippen LogP contribution in [0.4, 0.5) is 27.8 Å². The molecule has 2 amide bonds. The number of piperazine rings is 1. The molecule has 1 atom stereocenters.